The lowest BCUT2D eigenvalue weighted by molar-refractivity contribution is 0.618. The largest absolute Gasteiger partial charge is 0.382 e. The summed E-state index contributed by atoms with van der Waals surface area (Å²) in [6, 6.07) is 15.2. The lowest BCUT2D eigenvalue weighted by Gasteiger charge is -2.20. The number of benzene rings is 1. The number of anilines is 3. The Morgan fingerprint density at radius 2 is 1.90 bits per heavy atom. The lowest BCUT2D eigenvalue weighted by atomic mass is 9.96. The molecule has 154 valence electrons. The fourth-order valence-corrected chi connectivity index (χ4v) is 3.49. The molecule has 9 heteroatoms. The molecule has 0 radical (unpaired) electrons. The summed E-state index contributed by atoms with van der Waals surface area (Å²) in [6.07, 6.45) is 1.16. The number of pyridine rings is 2. The summed E-state index contributed by atoms with van der Waals surface area (Å²) in [6.45, 7) is 1.82. The molecule has 0 amide bonds. The molecule has 31 heavy (non-hydrogen) atoms. The van der Waals surface area contributed by atoms with Crippen molar-refractivity contribution in [2.24, 2.45) is 0 Å². The van der Waals surface area contributed by atoms with Gasteiger partial charge < -0.3 is 16.8 Å². The Balaban J connectivity index is 1.92. The van der Waals surface area contributed by atoms with Crippen LogP contribution in [0, 0.1) is 17.1 Å². The zero-order valence-electron chi connectivity index (χ0n) is 16.5. The summed E-state index contributed by atoms with van der Waals surface area (Å²) in [7, 11) is 0. The predicted molar refractivity (Wildman–Crippen MR) is 117 cm³/mol. The highest BCUT2D eigenvalue weighted by Crippen LogP contribution is 2.30. The number of halogens is 1. The number of nitrogen functional groups attached to an aromatic ring is 2. The maximum atomic E-state index is 13.8. The van der Waals surface area contributed by atoms with Crippen LogP contribution in [0.2, 0.25) is 0 Å². The van der Waals surface area contributed by atoms with Gasteiger partial charge in [0, 0.05) is 11.7 Å². The van der Waals surface area contributed by atoms with Crippen molar-refractivity contribution in [3.05, 3.63) is 82.0 Å². The average Bonchev–Trinajstić information content (AvgIpc) is 2.74. The van der Waals surface area contributed by atoms with E-state index in [9.17, 15) is 14.4 Å². The Bertz CT molecular complexity index is 1390. The third-order valence-corrected chi connectivity index (χ3v) is 4.92. The van der Waals surface area contributed by atoms with Crippen LogP contribution in [-0.4, -0.2) is 14.4 Å². The van der Waals surface area contributed by atoms with Crippen molar-refractivity contribution in [2.75, 3.05) is 16.8 Å². The lowest BCUT2D eigenvalue weighted by Crippen LogP contribution is -2.21. The third kappa shape index (κ3) is 3.62. The second kappa shape index (κ2) is 7.76. The minimum absolute atomic E-state index is 0.0398. The van der Waals surface area contributed by atoms with E-state index in [1.807, 2.05) is 31.2 Å². The first kappa shape index (κ1) is 19.8. The van der Waals surface area contributed by atoms with Gasteiger partial charge >= 0.3 is 0 Å². The van der Waals surface area contributed by atoms with Gasteiger partial charge in [-0.2, -0.15) is 15.2 Å². The number of rotatable bonds is 4. The molecule has 4 rings (SSSR count). The first-order valence-corrected chi connectivity index (χ1v) is 9.39. The number of hydrogen-bond donors (Lipinski definition) is 3. The van der Waals surface area contributed by atoms with Crippen molar-refractivity contribution < 1.29 is 4.39 Å². The number of hydrogen-bond acceptors (Lipinski definition) is 7. The number of nitrogens with two attached hydrogens (primary N) is 2. The van der Waals surface area contributed by atoms with Crippen LogP contribution in [0.25, 0.3) is 16.6 Å². The number of fused-ring (bicyclic) bond motifs is 1. The van der Waals surface area contributed by atoms with Crippen LogP contribution < -0.4 is 22.3 Å². The van der Waals surface area contributed by atoms with Crippen LogP contribution in [0.1, 0.15) is 24.1 Å². The summed E-state index contributed by atoms with van der Waals surface area (Å²) < 4.78 is 15.1. The molecule has 8 nitrogen and oxygen atoms in total. The van der Waals surface area contributed by atoms with Gasteiger partial charge in [0.25, 0.3) is 5.56 Å². The van der Waals surface area contributed by atoms with Gasteiger partial charge in [0.15, 0.2) is 5.82 Å². The van der Waals surface area contributed by atoms with Gasteiger partial charge in [0.05, 0.1) is 11.6 Å². The molecular formula is C22H18FN7O. The van der Waals surface area contributed by atoms with Gasteiger partial charge in [0.2, 0.25) is 5.95 Å². The number of nitriles is 1. The Hall–Kier alpha value is -4.45. The van der Waals surface area contributed by atoms with Gasteiger partial charge in [-0.1, -0.05) is 30.3 Å². The molecule has 0 aliphatic heterocycles. The molecule has 4 aromatic rings. The van der Waals surface area contributed by atoms with Crippen LogP contribution in [0.3, 0.4) is 0 Å². The van der Waals surface area contributed by atoms with E-state index in [4.69, 9.17) is 11.5 Å². The predicted octanol–water partition coefficient (Wildman–Crippen LogP) is 3.10. The Morgan fingerprint density at radius 1 is 1.16 bits per heavy atom. The molecule has 0 aliphatic carbocycles. The van der Waals surface area contributed by atoms with E-state index in [1.165, 1.54) is 16.5 Å². The van der Waals surface area contributed by atoms with Crippen LogP contribution in [0.15, 0.2) is 59.5 Å². The first-order valence-electron chi connectivity index (χ1n) is 9.39. The van der Waals surface area contributed by atoms with Crippen LogP contribution in [0.5, 0.6) is 0 Å². The average molecular weight is 415 g/mol. The molecule has 0 saturated heterocycles. The summed E-state index contributed by atoms with van der Waals surface area (Å²) in [5.74, 6) is -0.470. The zero-order chi connectivity index (χ0) is 22.1. The van der Waals surface area contributed by atoms with Crippen LogP contribution >= 0.6 is 0 Å². The van der Waals surface area contributed by atoms with Crippen molar-refractivity contribution in [1.29, 1.82) is 5.26 Å². The monoisotopic (exact) mass is 415 g/mol. The molecule has 0 saturated carbocycles. The molecule has 0 aliphatic rings. The van der Waals surface area contributed by atoms with E-state index in [0.717, 1.165) is 6.20 Å². The van der Waals surface area contributed by atoms with Gasteiger partial charge in [-0.05, 0) is 36.2 Å². The van der Waals surface area contributed by atoms with Crippen molar-refractivity contribution >= 4 is 23.1 Å². The Kier molecular flexibility index (Phi) is 4.97. The second-order valence-electron chi connectivity index (χ2n) is 6.96. The van der Waals surface area contributed by atoms with E-state index in [1.54, 1.807) is 18.2 Å². The zero-order valence-corrected chi connectivity index (χ0v) is 16.5. The Morgan fingerprint density at radius 3 is 2.61 bits per heavy atom. The maximum Gasteiger partial charge on any atom is 0.263 e. The van der Waals surface area contributed by atoms with Gasteiger partial charge in [0.1, 0.15) is 23.3 Å². The topological polar surface area (TPSA) is 135 Å². The molecule has 3 heterocycles. The molecular weight excluding hydrogens is 397 g/mol. The van der Waals surface area contributed by atoms with E-state index in [2.05, 4.69) is 15.3 Å². The van der Waals surface area contributed by atoms with E-state index < -0.39 is 11.9 Å². The highest BCUT2D eigenvalue weighted by Gasteiger charge is 2.20. The maximum absolute atomic E-state index is 13.8. The molecule has 1 unspecified atom stereocenters. The summed E-state index contributed by atoms with van der Waals surface area (Å²) in [5, 5.41) is 12.6. The van der Waals surface area contributed by atoms with Gasteiger partial charge in [-0.15, -0.1) is 0 Å². The normalized spacial score (nSPS) is 11.8. The van der Waals surface area contributed by atoms with Crippen LogP contribution in [-0.2, 0) is 0 Å². The molecule has 5 N–H and O–H groups in total. The van der Waals surface area contributed by atoms with E-state index in [0.29, 0.717) is 22.2 Å². The number of nitrogens with one attached hydrogen (secondary N) is 1. The van der Waals surface area contributed by atoms with Crippen molar-refractivity contribution in [3.63, 3.8) is 0 Å². The molecule has 0 spiro atoms. The summed E-state index contributed by atoms with van der Waals surface area (Å²) in [4.78, 5) is 21.2. The summed E-state index contributed by atoms with van der Waals surface area (Å²) in [5.41, 5.74) is 13.4. The van der Waals surface area contributed by atoms with Gasteiger partial charge in [-0.25, -0.2) is 4.39 Å². The standard InChI is InChI=1S/C22H18FN7O/c1-12(27-20-17(10-24)19(25)28-22(26)29-20)16-9-15-8-7-14(23)11-30(15)21(31)18(16)13-5-3-2-4-6-13/h2-9,11-12H,1H3,(H5,25,26,27,28,29). The number of nitrogens with zero attached hydrogens (tertiary/aromatic N) is 4. The first-order chi connectivity index (χ1) is 14.9. The van der Waals surface area contributed by atoms with Crippen molar-refractivity contribution in [1.82, 2.24) is 14.4 Å². The fourth-order valence-electron chi connectivity index (χ4n) is 3.49. The second-order valence-corrected chi connectivity index (χ2v) is 6.96. The molecule has 0 fully saturated rings. The third-order valence-electron chi connectivity index (χ3n) is 4.92. The van der Waals surface area contributed by atoms with Crippen molar-refractivity contribution in [2.45, 2.75) is 13.0 Å². The molecule has 0 bridgehead atoms. The molecule has 1 atom stereocenters. The fraction of sp³-hybridized carbons (Fsp3) is 0.0909. The quantitative estimate of drug-likeness (QED) is 0.466. The Labute approximate surface area is 176 Å². The van der Waals surface area contributed by atoms with E-state index in [-0.39, 0.29) is 28.7 Å². The highest BCUT2D eigenvalue weighted by molar-refractivity contribution is 5.72. The SMILES string of the molecule is CC(Nc1nc(N)nc(N)c1C#N)c1cc2ccc(F)cn2c(=O)c1-c1ccccc1. The molecule has 3 aromatic heterocycles. The molecule has 1 aromatic carbocycles. The van der Waals surface area contributed by atoms with Crippen molar-refractivity contribution in [3.8, 4) is 17.2 Å². The highest BCUT2D eigenvalue weighted by atomic mass is 19.1. The summed E-state index contributed by atoms with van der Waals surface area (Å²) >= 11 is 0. The van der Waals surface area contributed by atoms with Crippen LogP contribution in [0.4, 0.5) is 22.0 Å². The van der Waals surface area contributed by atoms with E-state index >= 15 is 0 Å². The smallest absolute Gasteiger partial charge is 0.263 e. The minimum Gasteiger partial charge on any atom is -0.382 e. The minimum atomic E-state index is -0.516. The van der Waals surface area contributed by atoms with Gasteiger partial charge in [-0.3, -0.25) is 9.20 Å². The number of aromatic nitrogens is 3.